The summed E-state index contributed by atoms with van der Waals surface area (Å²) in [6.45, 7) is 4.41. The Morgan fingerprint density at radius 3 is 1.78 bits per heavy atom. The number of anilines is 1. The summed E-state index contributed by atoms with van der Waals surface area (Å²) in [5, 5.41) is 3.06. The number of benzene rings is 3. The topological polar surface area (TPSA) is 29.1 Å². The molecule has 0 spiro atoms. The highest BCUT2D eigenvalue weighted by molar-refractivity contribution is 5.91. The van der Waals surface area contributed by atoms with Gasteiger partial charge in [-0.15, -0.1) is 0 Å². The Kier molecular flexibility index (Phi) is 6.43. The first-order valence-corrected chi connectivity index (χ1v) is 9.67. The zero-order valence-corrected chi connectivity index (χ0v) is 16.1. The van der Waals surface area contributed by atoms with E-state index in [-0.39, 0.29) is 11.8 Å². The fourth-order valence-electron chi connectivity index (χ4n) is 3.33. The smallest absolute Gasteiger partial charge is 0.225 e. The maximum Gasteiger partial charge on any atom is 0.225 e. The number of nitrogens with one attached hydrogen (secondary N) is 1. The average molecular weight is 357 g/mol. The largest absolute Gasteiger partial charge is 0.326 e. The monoisotopic (exact) mass is 357 g/mol. The van der Waals surface area contributed by atoms with E-state index in [0.29, 0.717) is 12.3 Å². The predicted octanol–water partition coefficient (Wildman–Crippen LogP) is 6.36. The zero-order valence-electron chi connectivity index (χ0n) is 16.1. The van der Waals surface area contributed by atoms with Crippen molar-refractivity contribution in [1.82, 2.24) is 0 Å². The average Bonchev–Trinajstić information content (AvgIpc) is 2.73. The van der Waals surface area contributed by atoms with Crippen LogP contribution in [0.5, 0.6) is 0 Å². The van der Waals surface area contributed by atoms with Gasteiger partial charge in [0.25, 0.3) is 0 Å². The summed E-state index contributed by atoms with van der Waals surface area (Å²) in [4.78, 5) is 12.7. The van der Waals surface area contributed by atoms with E-state index < -0.39 is 0 Å². The van der Waals surface area contributed by atoms with Gasteiger partial charge in [0.2, 0.25) is 5.91 Å². The molecule has 0 heterocycles. The Balaban J connectivity index is 1.73. The van der Waals surface area contributed by atoms with Gasteiger partial charge in [0, 0.05) is 18.0 Å². The lowest BCUT2D eigenvalue weighted by Gasteiger charge is -2.18. The van der Waals surface area contributed by atoms with Crippen molar-refractivity contribution in [3.8, 4) is 0 Å². The summed E-state index contributed by atoms with van der Waals surface area (Å²) in [6, 6.07) is 28.7. The lowest BCUT2D eigenvalue weighted by atomic mass is 9.88. The van der Waals surface area contributed by atoms with E-state index in [9.17, 15) is 4.79 Å². The quantitative estimate of drug-likeness (QED) is 0.523. The number of rotatable bonds is 7. The van der Waals surface area contributed by atoms with E-state index >= 15 is 0 Å². The summed E-state index contributed by atoms with van der Waals surface area (Å²) >= 11 is 0. The predicted molar refractivity (Wildman–Crippen MR) is 113 cm³/mol. The van der Waals surface area contributed by atoms with Crippen molar-refractivity contribution in [2.45, 2.75) is 38.5 Å². The van der Waals surface area contributed by atoms with Crippen LogP contribution in [0.2, 0.25) is 0 Å². The molecule has 3 aromatic carbocycles. The minimum absolute atomic E-state index is 0.0315. The second kappa shape index (κ2) is 9.18. The lowest BCUT2D eigenvalue weighted by molar-refractivity contribution is -0.116. The van der Waals surface area contributed by atoms with Crippen LogP contribution in [0.15, 0.2) is 84.9 Å². The highest BCUT2D eigenvalue weighted by atomic mass is 16.1. The van der Waals surface area contributed by atoms with Gasteiger partial charge in [-0.1, -0.05) is 86.6 Å². The molecule has 3 aromatic rings. The highest BCUT2D eigenvalue weighted by Gasteiger charge is 2.18. The van der Waals surface area contributed by atoms with Crippen LogP contribution < -0.4 is 5.32 Å². The standard InChI is InChI=1S/C25H27NO/c1-3-19(2)20-14-16-23(17-15-20)26-25(27)18-24(21-10-6-4-7-11-21)22-12-8-5-9-13-22/h4-17,19,24H,3,18H2,1-2H3,(H,26,27)/t19-/m1/s1. The van der Waals surface area contributed by atoms with Gasteiger partial charge in [-0.2, -0.15) is 0 Å². The SMILES string of the molecule is CC[C@@H](C)c1ccc(NC(=O)CC(c2ccccc2)c2ccccc2)cc1. The van der Waals surface area contributed by atoms with Crippen molar-refractivity contribution in [2.24, 2.45) is 0 Å². The molecule has 2 nitrogen and oxygen atoms in total. The summed E-state index contributed by atoms with van der Waals surface area (Å²) in [5.41, 5.74) is 4.48. The molecule has 0 aliphatic rings. The molecule has 0 saturated carbocycles. The highest BCUT2D eigenvalue weighted by Crippen LogP contribution is 2.28. The minimum atomic E-state index is 0.0315. The fourth-order valence-corrected chi connectivity index (χ4v) is 3.33. The van der Waals surface area contributed by atoms with E-state index in [1.54, 1.807) is 0 Å². The molecule has 0 fully saturated rings. The first-order chi connectivity index (χ1) is 13.2. The maximum absolute atomic E-state index is 12.7. The number of hydrogen-bond donors (Lipinski definition) is 1. The normalized spacial score (nSPS) is 12.0. The zero-order chi connectivity index (χ0) is 19.1. The fraction of sp³-hybridized carbons (Fsp3) is 0.240. The number of amides is 1. The van der Waals surface area contributed by atoms with Crippen molar-refractivity contribution in [2.75, 3.05) is 5.32 Å². The Morgan fingerprint density at radius 1 is 0.778 bits per heavy atom. The molecule has 27 heavy (non-hydrogen) atoms. The summed E-state index contributed by atoms with van der Waals surface area (Å²) in [7, 11) is 0. The molecular formula is C25H27NO. The molecule has 0 aliphatic heterocycles. The van der Waals surface area contributed by atoms with Crippen molar-refractivity contribution in [3.05, 3.63) is 102 Å². The minimum Gasteiger partial charge on any atom is -0.326 e. The summed E-state index contributed by atoms with van der Waals surface area (Å²) < 4.78 is 0. The molecule has 0 unspecified atom stereocenters. The van der Waals surface area contributed by atoms with Crippen LogP contribution in [-0.4, -0.2) is 5.91 Å². The van der Waals surface area contributed by atoms with E-state index in [1.807, 2.05) is 48.5 Å². The molecule has 0 aromatic heterocycles. The van der Waals surface area contributed by atoms with E-state index in [2.05, 4.69) is 55.6 Å². The third kappa shape index (κ3) is 5.07. The summed E-state index contributed by atoms with van der Waals surface area (Å²) in [6.07, 6.45) is 1.53. The molecular weight excluding hydrogens is 330 g/mol. The number of carbonyl (C=O) groups is 1. The number of hydrogen-bond acceptors (Lipinski definition) is 1. The van der Waals surface area contributed by atoms with Crippen LogP contribution in [0.4, 0.5) is 5.69 Å². The van der Waals surface area contributed by atoms with Gasteiger partial charge in [0.15, 0.2) is 0 Å². The maximum atomic E-state index is 12.7. The molecule has 138 valence electrons. The molecule has 1 N–H and O–H groups in total. The number of carbonyl (C=O) groups excluding carboxylic acids is 1. The molecule has 0 radical (unpaired) electrons. The van der Waals surface area contributed by atoms with Crippen molar-refractivity contribution < 1.29 is 4.79 Å². The van der Waals surface area contributed by atoms with Crippen LogP contribution in [0.25, 0.3) is 0 Å². The van der Waals surface area contributed by atoms with Gasteiger partial charge in [-0.25, -0.2) is 0 Å². The van der Waals surface area contributed by atoms with Crippen LogP contribution in [-0.2, 0) is 4.79 Å². The van der Waals surface area contributed by atoms with Crippen molar-refractivity contribution in [3.63, 3.8) is 0 Å². The van der Waals surface area contributed by atoms with E-state index in [4.69, 9.17) is 0 Å². The molecule has 1 amide bonds. The van der Waals surface area contributed by atoms with Crippen LogP contribution in [0.3, 0.4) is 0 Å². The second-order valence-electron chi connectivity index (χ2n) is 7.06. The Hall–Kier alpha value is -2.87. The van der Waals surface area contributed by atoms with Crippen LogP contribution in [0.1, 0.15) is 55.2 Å². The molecule has 3 rings (SSSR count). The van der Waals surface area contributed by atoms with E-state index in [0.717, 1.165) is 23.2 Å². The van der Waals surface area contributed by atoms with Crippen molar-refractivity contribution >= 4 is 11.6 Å². The van der Waals surface area contributed by atoms with Gasteiger partial charge in [0.05, 0.1) is 0 Å². The Labute approximate surface area is 162 Å². The molecule has 0 aliphatic carbocycles. The Bertz CT molecular complexity index is 801. The van der Waals surface area contributed by atoms with Gasteiger partial charge < -0.3 is 5.32 Å². The van der Waals surface area contributed by atoms with Gasteiger partial charge >= 0.3 is 0 Å². The Morgan fingerprint density at radius 2 is 1.30 bits per heavy atom. The first-order valence-electron chi connectivity index (χ1n) is 9.67. The van der Waals surface area contributed by atoms with Crippen molar-refractivity contribution in [1.29, 1.82) is 0 Å². The second-order valence-corrected chi connectivity index (χ2v) is 7.06. The third-order valence-corrected chi connectivity index (χ3v) is 5.17. The first kappa shape index (κ1) is 18.9. The van der Waals surface area contributed by atoms with Crippen LogP contribution >= 0.6 is 0 Å². The van der Waals surface area contributed by atoms with Crippen LogP contribution in [0, 0.1) is 0 Å². The van der Waals surface area contributed by atoms with Gasteiger partial charge in [-0.05, 0) is 41.2 Å². The third-order valence-electron chi connectivity index (χ3n) is 5.17. The van der Waals surface area contributed by atoms with Gasteiger partial charge in [0.1, 0.15) is 0 Å². The molecule has 2 heteroatoms. The molecule has 0 bridgehead atoms. The lowest BCUT2D eigenvalue weighted by Crippen LogP contribution is -2.16. The molecule has 0 saturated heterocycles. The van der Waals surface area contributed by atoms with E-state index in [1.165, 1.54) is 5.56 Å². The summed E-state index contributed by atoms with van der Waals surface area (Å²) in [5.74, 6) is 0.617. The van der Waals surface area contributed by atoms with Gasteiger partial charge in [-0.3, -0.25) is 4.79 Å². The molecule has 1 atom stereocenters.